The van der Waals surface area contributed by atoms with Gasteiger partial charge in [0.2, 0.25) is 5.89 Å². The van der Waals surface area contributed by atoms with Crippen LogP contribution in [0.3, 0.4) is 0 Å². The van der Waals surface area contributed by atoms with E-state index in [0.29, 0.717) is 5.58 Å². The van der Waals surface area contributed by atoms with Gasteiger partial charge in [-0.15, -0.1) is 0 Å². The van der Waals surface area contributed by atoms with Crippen LogP contribution in [0.2, 0.25) is 0 Å². The molecule has 0 fully saturated rings. The highest BCUT2D eigenvalue weighted by Crippen LogP contribution is 2.28. The molecule has 0 bridgehead atoms. The van der Waals surface area contributed by atoms with Gasteiger partial charge < -0.3 is 9.52 Å². The first-order valence-corrected chi connectivity index (χ1v) is 5.95. The summed E-state index contributed by atoms with van der Waals surface area (Å²) < 4.78 is 19.3. The Morgan fingerprint density at radius 3 is 2.85 bits per heavy atom. The lowest BCUT2D eigenvalue weighted by Gasteiger charge is -1.99. The average Bonchev–Trinajstić information content (AvgIpc) is 2.84. The predicted octanol–water partition coefficient (Wildman–Crippen LogP) is 3.64. The Morgan fingerprint density at radius 2 is 2.10 bits per heavy atom. The number of aryl methyl sites for hydroxylation is 1. The molecule has 1 aromatic heterocycles. The maximum atomic E-state index is 13.8. The number of hydrogen-bond donors (Lipinski definition) is 1. The summed E-state index contributed by atoms with van der Waals surface area (Å²) in [4.78, 5) is 15.2. The van der Waals surface area contributed by atoms with Crippen molar-refractivity contribution >= 4 is 17.1 Å². The molecule has 0 atom stereocenters. The minimum atomic E-state index is -1.10. The quantitative estimate of drug-likeness (QED) is 0.772. The zero-order valence-electron chi connectivity index (χ0n) is 10.6. The topological polar surface area (TPSA) is 63.3 Å². The van der Waals surface area contributed by atoms with E-state index >= 15 is 0 Å². The van der Waals surface area contributed by atoms with E-state index < -0.39 is 11.8 Å². The van der Waals surface area contributed by atoms with Crippen molar-refractivity contribution in [3.05, 3.63) is 53.3 Å². The smallest absolute Gasteiger partial charge is 0.338 e. The maximum Gasteiger partial charge on any atom is 0.338 e. The number of carboxylic acids is 1. The van der Waals surface area contributed by atoms with Crippen molar-refractivity contribution in [3.63, 3.8) is 0 Å². The SMILES string of the molecule is Cc1ccc(F)c(-c2nc3c(C(=O)O)cccc3o2)c1. The number of rotatable bonds is 2. The van der Waals surface area contributed by atoms with E-state index in [0.717, 1.165) is 5.56 Å². The van der Waals surface area contributed by atoms with E-state index in [9.17, 15) is 9.18 Å². The van der Waals surface area contributed by atoms with Gasteiger partial charge in [-0.25, -0.2) is 14.2 Å². The molecule has 2 aromatic carbocycles. The fourth-order valence-corrected chi connectivity index (χ4v) is 2.04. The normalized spacial score (nSPS) is 10.9. The number of aromatic carboxylic acids is 1. The molecule has 20 heavy (non-hydrogen) atoms. The summed E-state index contributed by atoms with van der Waals surface area (Å²) >= 11 is 0. The zero-order chi connectivity index (χ0) is 14.3. The second kappa shape index (κ2) is 4.45. The van der Waals surface area contributed by atoms with E-state index in [2.05, 4.69) is 4.98 Å². The van der Waals surface area contributed by atoms with Gasteiger partial charge in [0.05, 0.1) is 11.1 Å². The molecule has 0 aliphatic rings. The molecule has 100 valence electrons. The number of carbonyl (C=O) groups is 1. The lowest BCUT2D eigenvalue weighted by Crippen LogP contribution is -1.96. The van der Waals surface area contributed by atoms with Crippen LogP contribution in [0.15, 0.2) is 40.8 Å². The highest BCUT2D eigenvalue weighted by atomic mass is 19.1. The van der Waals surface area contributed by atoms with Crippen LogP contribution in [-0.4, -0.2) is 16.1 Å². The van der Waals surface area contributed by atoms with Crippen LogP contribution >= 0.6 is 0 Å². The summed E-state index contributed by atoms with van der Waals surface area (Å²) in [6.07, 6.45) is 0. The van der Waals surface area contributed by atoms with Gasteiger partial charge in [-0.3, -0.25) is 0 Å². The van der Waals surface area contributed by atoms with Crippen LogP contribution in [0, 0.1) is 12.7 Å². The van der Waals surface area contributed by atoms with Gasteiger partial charge in [0.15, 0.2) is 5.58 Å². The molecule has 0 spiro atoms. The summed E-state index contributed by atoms with van der Waals surface area (Å²) in [7, 11) is 0. The lowest BCUT2D eigenvalue weighted by atomic mass is 10.1. The van der Waals surface area contributed by atoms with Gasteiger partial charge in [-0.2, -0.15) is 0 Å². The molecule has 0 amide bonds. The molecule has 0 aliphatic carbocycles. The average molecular weight is 271 g/mol. The van der Waals surface area contributed by atoms with Crippen molar-refractivity contribution < 1.29 is 18.7 Å². The van der Waals surface area contributed by atoms with E-state index in [1.807, 2.05) is 6.92 Å². The Bertz CT molecular complexity index is 823. The van der Waals surface area contributed by atoms with Gasteiger partial charge >= 0.3 is 5.97 Å². The Balaban J connectivity index is 2.26. The van der Waals surface area contributed by atoms with Crippen LogP contribution < -0.4 is 0 Å². The van der Waals surface area contributed by atoms with Crippen LogP contribution in [-0.2, 0) is 0 Å². The largest absolute Gasteiger partial charge is 0.478 e. The van der Waals surface area contributed by atoms with Crippen LogP contribution in [0.4, 0.5) is 4.39 Å². The Kier molecular flexibility index (Phi) is 2.75. The number of benzene rings is 2. The third kappa shape index (κ3) is 1.93. The second-order valence-corrected chi connectivity index (χ2v) is 4.46. The Labute approximate surface area is 113 Å². The molecule has 5 heteroatoms. The number of hydrogen-bond acceptors (Lipinski definition) is 3. The molecule has 0 saturated heterocycles. The molecule has 0 radical (unpaired) electrons. The third-order valence-corrected chi connectivity index (χ3v) is 3.00. The standard InChI is InChI=1S/C15H10FNO3/c1-8-5-6-11(16)10(7-8)14-17-13-9(15(18)19)3-2-4-12(13)20-14/h2-7H,1H3,(H,18,19). The summed E-state index contributed by atoms with van der Waals surface area (Å²) in [5.74, 6) is -1.48. The third-order valence-electron chi connectivity index (χ3n) is 3.00. The molecule has 4 nitrogen and oxygen atoms in total. The van der Waals surface area contributed by atoms with Crippen molar-refractivity contribution in [3.8, 4) is 11.5 Å². The first kappa shape index (κ1) is 12.3. The fraction of sp³-hybridized carbons (Fsp3) is 0.0667. The predicted molar refractivity (Wildman–Crippen MR) is 71.1 cm³/mol. The summed E-state index contributed by atoms with van der Waals surface area (Å²) in [5.41, 5.74) is 1.65. The summed E-state index contributed by atoms with van der Waals surface area (Å²) in [5, 5.41) is 9.11. The van der Waals surface area contributed by atoms with Crippen molar-refractivity contribution in [1.29, 1.82) is 0 Å². The monoisotopic (exact) mass is 271 g/mol. The summed E-state index contributed by atoms with van der Waals surface area (Å²) in [6, 6.07) is 9.19. The molecular weight excluding hydrogens is 261 g/mol. The number of carboxylic acid groups (broad SMARTS) is 1. The molecular formula is C15H10FNO3. The van der Waals surface area contributed by atoms with E-state index in [4.69, 9.17) is 9.52 Å². The van der Waals surface area contributed by atoms with Crippen molar-refractivity contribution in [2.75, 3.05) is 0 Å². The van der Waals surface area contributed by atoms with Crippen LogP contribution in [0.5, 0.6) is 0 Å². The van der Waals surface area contributed by atoms with Crippen LogP contribution in [0.25, 0.3) is 22.6 Å². The molecule has 0 saturated carbocycles. The highest BCUT2D eigenvalue weighted by molar-refractivity contribution is 6.00. The molecule has 0 aliphatic heterocycles. The molecule has 1 N–H and O–H groups in total. The lowest BCUT2D eigenvalue weighted by molar-refractivity contribution is 0.0699. The number of nitrogens with zero attached hydrogens (tertiary/aromatic N) is 1. The van der Waals surface area contributed by atoms with Crippen LogP contribution in [0.1, 0.15) is 15.9 Å². The van der Waals surface area contributed by atoms with Gasteiger partial charge in [0.25, 0.3) is 0 Å². The highest BCUT2D eigenvalue weighted by Gasteiger charge is 2.17. The number of halogens is 1. The minimum Gasteiger partial charge on any atom is -0.478 e. The Hall–Kier alpha value is -2.69. The zero-order valence-corrected chi connectivity index (χ0v) is 10.6. The fourth-order valence-electron chi connectivity index (χ4n) is 2.04. The first-order valence-electron chi connectivity index (χ1n) is 5.95. The van der Waals surface area contributed by atoms with Crippen molar-refractivity contribution in [2.45, 2.75) is 6.92 Å². The number of aromatic nitrogens is 1. The van der Waals surface area contributed by atoms with Gasteiger partial charge in [0, 0.05) is 0 Å². The molecule has 0 unspecified atom stereocenters. The first-order chi connectivity index (χ1) is 9.56. The van der Waals surface area contributed by atoms with E-state index in [1.54, 1.807) is 24.3 Å². The van der Waals surface area contributed by atoms with Gasteiger partial charge in [0.1, 0.15) is 11.3 Å². The number of para-hydroxylation sites is 1. The van der Waals surface area contributed by atoms with Crippen molar-refractivity contribution in [2.24, 2.45) is 0 Å². The van der Waals surface area contributed by atoms with Crippen molar-refractivity contribution in [1.82, 2.24) is 4.98 Å². The second-order valence-electron chi connectivity index (χ2n) is 4.46. The number of oxazole rings is 1. The molecule has 3 aromatic rings. The summed E-state index contributed by atoms with van der Waals surface area (Å²) in [6.45, 7) is 1.83. The number of fused-ring (bicyclic) bond motifs is 1. The molecule has 3 rings (SSSR count). The molecule has 1 heterocycles. The van der Waals surface area contributed by atoms with Gasteiger partial charge in [-0.05, 0) is 31.2 Å². The van der Waals surface area contributed by atoms with Gasteiger partial charge in [-0.1, -0.05) is 17.7 Å². The maximum absolute atomic E-state index is 13.8. The van der Waals surface area contributed by atoms with E-state index in [-0.39, 0.29) is 22.5 Å². The Morgan fingerprint density at radius 1 is 1.30 bits per heavy atom. The van der Waals surface area contributed by atoms with E-state index in [1.165, 1.54) is 12.1 Å². The minimum absolute atomic E-state index is 0.0329.